The van der Waals surface area contributed by atoms with E-state index in [0.29, 0.717) is 18.5 Å². The number of hydrogen-bond acceptors (Lipinski definition) is 3. The second-order valence-electron chi connectivity index (χ2n) is 5.27. The van der Waals surface area contributed by atoms with E-state index in [0.717, 1.165) is 20.6 Å². The second kappa shape index (κ2) is 6.03. The van der Waals surface area contributed by atoms with Gasteiger partial charge in [0.2, 0.25) is 0 Å². The molecule has 0 saturated carbocycles. The third kappa shape index (κ3) is 3.19. The summed E-state index contributed by atoms with van der Waals surface area (Å²) in [6.07, 6.45) is 1.78. The van der Waals surface area contributed by atoms with E-state index < -0.39 is 22.2 Å². The second-order valence-corrected chi connectivity index (χ2v) is 7.18. The fourth-order valence-corrected chi connectivity index (χ4v) is 4.05. The normalized spacial score (nSPS) is 20.2. The number of anilines is 1. The molecule has 0 aliphatic carbocycles. The Hall–Kier alpha value is -1.60. The summed E-state index contributed by atoms with van der Waals surface area (Å²) >= 11 is 0. The smallest absolute Gasteiger partial charge is 0.322 e. The van der Waals surface area contributed by atoms with Crippen LogP contribution in [0.25, 0.3) is 0 Å². The van der Waals surface area contributed by atoms with Crippen molar-refractivity contribution < 1.29 is 18.3 Å². The third-order valence-corrected chi connectivity index (χ3v) is 5.71. The Morgan fingerprint density at radius 3 is 2.48 bits per heavy atom. The van der Waals surface area contributed by atoms with Gasteiger partial charge in [0, 0.05) is 13.6 Å². The first-order valence-electron chi connectivity index (χ1n) is 6.89. The lowest BCUT2D eigenvalue weighted by atomic mass is 10.1. The lowest BCUT2D eigenvalue weighted by molar-refractivity contribution is -0.142. The summed E-state index contributed by atoms with van der Waals surface area (Å²) in [5.41, 5.74) is 1.56. The molecule has 1 saturated heterocycles. The Bertz CT molecular complexity index is 612. The molecule has 116 valence electrons. The summed E-state index contributed by atoms with van der Waals surface area (Å²) in [6.45, 7) is 2.17. The first-order valence-corrected chi connectivity index (χ1v) is 8.29. The van der Waals surface area contributed by atoms with Gasteiger partial charge in [0.1, 0.15) is 6.04 Å². The summed E-state index contributed by atoms with van der Waals surface area (Å²) in [5.74, 6) is -1.09. The van der Waals surface area contributed by atoms with E-state index in [1.165, 1.54) is 7.05 Å². The quantitative estimate of drug-likeness (QED) is 0.916. The minimum absolute atomic E-state index is 0.246. The van der Waals surface area contributed by atoms with E-state index >= 15 is 0 Å². The van der Waals surface area contributed by atoms with Crippen LogP contribution in [-0.2, 0) is 15.0 Å². The van der Waals surface area contributed by atoms with E-state index in [1.54, 1.807) is 12.1 Å². The molecular weight excluding hydrogens is 292 g/mol. The maximum Gasteiger partial charge on any atom is 0.322 e. The number of carboxylic acid groups (broad SMARTS) is 1. The van der Waals surface area contributed by atoms with Crippen LogP contribution < -0.4 is 4.31 Å². The standard InChI is InChI=1S/C14H20N2O4S/c1-11-6-8-12(9-7-11)15(2)21(19,20)16-10-4-3-5-13(16)14(17)18/h6-9,13H,3-5,10H2,1-2H3,(H,17,18). The maximum atomic E-state index is 12.7. The van der Waals surface area contributed by atoms with Crippen molar-refractivity contribution in [2.45, 2.75) is 32.2 Å². The number of benzene rings is 1. The third-order valence-electron chi connectivity index (χ3n) is 3.78. The number of carbonyl (C=O) groups is 1. The van der Waals surface area contributed by atoms with Crippen LogP contribution in [0.1, 0.15) is 24.8 Å². The zero-order valence-corrected chi connectivity index (χ0v) is 13.0. The van der Waals surface area contributed by atoms with Gasteiger partial charge in [-0.15, -0.1) is 0 Å². The fraction of sp³-hybridized carbons (Fsp3) is 0.500. The van der Waals surface area contributed by atoms with Gasteiger partial charge in [0.25, 0.3) is 0 Å². The predicted octanol–water partition coefficient (Wildman–Crippen LogP) is 1.62. The lowest BCUT2D eigenvalue weighted by Gasteiger charge is -2.35. The average molecular weight is 312 g/mol. The highest BCUT2D eigenvalue weighted by atomic mass is 32.2. The van der Waals surface area contributed by atoms with Gasteiger partial charge in [-0.25, -0.2) is 0 Å². The number of nitrogens with zero attached hydrogens (tertiary/aromatic N) is 2. The van der Waals surface area contributed by atoms with Gasteiger partial charge in [0.15, 0.2) is 0 Å². The molecule has 7 heteroatoms. The number of rotatable bonds is 4. The van der Waals surface area contributed by atoms with Gasteiger partial charge in [-0.2, -0.15) is 12.7 Å². The lowest BCUT2D eigenvalue weighted by Crippen LogP contribution is -2.52. The van der Waals surface area contributed by atoms with E-state index in [9.17, 15) is 18.3 Å². The van der Waals surface area contributed by atoms with Gasteiger partial charge in [-0.05, 0) is 38.3 Å². The Labute approximate surface area is 125 Å². The molecule has 2 rings (SSSR count). The van der Waals surface area contributed by atoms with Crippen LogP contribution >= 0.6 is 0 Å². The molecule has 0 bridgehead atoms. The highest BCUT2D eigenvalue weighted by molar-refractivity contribution is 7.90. The molecule has 0 radical (unpaired) electrons. The number of aryl methyl sites for hydroxylation is 1. The van der Waals surface area contributed by atoms with Crippen LogP contribution in [0.4, 0.5) is 5.69 Å². The highest BCUT2D eigenvalue weighted by Gasteiger charge is 2.39. The van der Waals surface area contributed by atoms with Crippen molar-refractivity contribution in [2.24, 2.45) is 0 Å². The van der Waals surface area contributed by atoms with Gasteiger partial charge >= 0.3 is 16.2 Å². The van der Waals surface area contributed by atoms with Gasteiger partial charge in [0.05, 0.1) is 5.69 Å². The highest BCUT2D eigenvalue weighted by Crippen LogP contribution is 2.25. The van der Waals surface area contributed by atoms with Crippen LogP contribution in [0.5, 0.6) is 0 Å². The Morgan fingerprint density at radius 1 is 1.29 bits per heavy atom. The van der Waals surface area contributed by atoms with Crippen molar-refractivity contribution in [3.8, 4) is 0 Å². The summed E-state index contributed by atoms with van der Waals surface area (Å²) in [5, 5.41) is 9.24. The fourth-order valence-electron chi connectivity index (χ4n) is 2.47. The maximum absolute atomic E-state index is 12.7. The molecule has 1 fully saturated rings. The molecule has 1 aliphatic rings. The van der Waals surface area contributed by atoms with Gasteiger partial charge in [-0.1, -0.05) is 17.7 Å². The zero-order valence-electron chi connectivity index (χ0n) is 12.2. The van der Waals surface area contributed by atoms with Crippen molar-refractivity contribution >= 4 is 21.9 Å². The van der Waals surface area contributed by atoms with Crippen molar-refractivity contribution in [1.82, 2.24) is 4.31 Å². The number of piperidine rings is 1. The summed E-state index contributed by atoms with van der Waals surface area (Å²) in [4.78, 5) is 11.3. The van der Waals surface area contributed by atoms with Crippen molar-refractivity contribution in [3.63, 3.8) is 0 Å². The average Bonchev–Trinajstić information content (AvgIpc) is 2.47. The van der Waals surface area contributed by atoms with Crippen LogP contribution in [0, 0.1) is 6.92 Å². The molecule has 1 heterocycles. The van der Waals surface area contributed by atoms with Crippen molar-refractivity contribution in [1.29, 1.82) is 0 Å². The number of hydrogen-bond donors (Lipinski definition) is 1. The molecule has 0 aromatic heterocycles. The number of carboxylic acids is 1. The Kier molecular flexibility index (Phi) is 4.53. The number of aliphatic carboxylic acids is 1. The molecule has 1 aromatic carbocycles. The van der Waals surface area contributed by atoms with Crippen molar-refractivity contribution in [3.05, 3.63) is 29.8 Å². The van der Waals surface area contributed by atoms with Gasteiger partial charge < -0.3 is 5.11 Å². The Morgan fingerprint density at radius 2 is 1.90 bits per heavy atom. The monoisotopic (exact) mass is 312 g/mol. The molecule has 6 nitrogen and oxygen atoms in total. The summed E-state index contributed by atoms with van der Waals surface area (Å²) in [7, 11) is -2.38. The van der Waals surface area contributed by atoms with Gasteiger partial charge in [-0.3, -0.25) is 9.10 Å². The first-order chi connectivity index (χ1) is 9.84. The summed E-state index contributed by atoms with van der Waals surface area (Å²) < 4.78 is 27.6. The van der Waals surface area contributed by atoms with E-state index in [1.807, 2.05) is 19.1 Å². The minimum Gasteiger partial charge on any atom is -0.480 e. The largest absolute Gasteiger partial charge is 0.480 e. The van der Waals surface area contributed by atoms with Crippen LogP contribution in [0.2, 0.25) is 0 Å². The first kappa shape index (κ1) is 15.8. The molecule has 0 amide bonds. The minimum atomic E-state index is -3.84. The SMILES string of the molecule is Cc1ccc(N(C)S(=O)(=O)N2CCCCC2C(=O)O)cc1. The van der Waals surface area contributed by atoms with E-state index in [4.69, 9.17) is 0 Å². The molecule has 1 aromatic rings. The zero-order chi connectivity index (χ0) is 15.6. The molecule has 0 spiro atoms. The molecular formula is C14H20N2O4S. The van der Waals surface area contributed by atoms with Crippen molar-refractivity contribution in [2.75, 3.05) is 17.9 Å². The van der Waals surface area contributed by atoms with E-state index in [2.05, 4.69) is 0 Å². The molecule has 21 heavy (non-hydrogen) atoms. The summed E-state index contributed by atoms with van der Waals surface area (Å²) in [6, 6.07) is 6.11. The Balaban J connectivity index is 2.31. The molecule has 1 atom stereocenters. The van der Waals surface area contributed by atoms with Crippen LogP contribution in [0.15, 0.2) is 24.3 Å². The van der Waals surface area contributed by atoms with Crippen LogP contribution in [0.3, 0.4) is 0 Å². The topological polar surface area (TPSA) is 77.9 Å². The molecule has 1 aliphatic heterocycles. The molecule has 1 unspecified atom stereocenters. The molecule has 1 N–H and O–H groups in total. The van der Waals surface area contributed by atoms with Crippen LogP contribution in [-0.4, -0.2) is 43.4 Å². The van der Waals surface area contributed by atoms with E-state index in [-0.39, 0.29) is 6.54 Å². The predicted molar refractivity (Wildman–Crippen MR) is 80.5 cm³/mol.